The van der Waals surface area contributed by atoms with E-state index in [2.05, 4.69) is 27.5 Å². The molecule has 0 aromatic heterocycles. The highest BCUT2D eigenvalue weighted by Crippen LogP contribution is 2.25. The number of benzene rings is 1. The Bertz CT molecular complexity index is 559. The fraction of sp³-hybridized carbons (Fsp3) is 0.588. The second-order valence-electron chi connectivity index (χ2n) is 6.65. The molecule has 1 aromatic carbocycles. The minimum atomic E-state index is -0.446. The molecule has 1 saturated heterocycles. The van der Waals surface area contributed by atoms with Gasteiger partial charge in [-0.05, 0) is 80.9 Å². The Labute approximate surface area is 156 Å². The van der Waals surface area contributed by atoms with Crippen LogP contribution in [0.2, 0.25) is 5.02 Å². The van der Waals surface area contributed by atoms with Crippen LogP contribution in [0.3, 0.4) is 0 Å². The van der Waals surface area contributed by atoms with Gasteiger partial charge in [-0.3, -0.25) is 9.69 Å². The van der Waals surface area contributed by atoms with E-state index in [1.165, 1.54) is 0 Å². The summed E-state index contributed by atoms with van der Waals surface area (Å²) in [6, 6.07) is 5.43. The number of nitrogens with zero attached hydrogens (tertiary/aromatic N) is 1. The monoisotopic (exact) mass is 451 g/mol. The van der Waals surface area contributed by atoms with Crippen LogP contribution in [0, 0.1) is 3.57 Å². The zero-order chi connectivity index (χ0) is 17.0. The Kier molecular flexibility index (Phi) is 6.57. The molecule has 0 N–H and O–H groups in total. The SMILES string of the molecule is CC(C)(C)OC(=O)[C@@H]1CCCN1CCOc1cc(Cl)ccc1I. The van der Waals surface area contributed by atoms with Gasteiger partial charge in [0.05, 0.1) is 3.57 Å². The number of rotatable bonds is 5. The molecular formula is C17H23ClINO3. The second kappa shape index (κ2) is 8.03. The molecule has 0 aliphatic carbocycles. The second-order valence-corrected chi connectivity index (χ2v) is 8.25. The first-order valence-corrected chi connectivity index (χ1v) is 9.27. The highest BCUT2D eigenvalue weighted by molar-refractivity contribution is 14.1. The number of carbonyl (C=O) groups is 1. The van der Waals surface area contributed by atoms with E-state index in [-0.39, 0.29) is 12.0 Å². The number of hydrogen-bond donors (Lipinski definition) is 0. The number of likely N-dealkylation sites (tertiary alicyclic amines) is 1. The summed E-state index contributed by atoms with van der Waals surface area (Å²) in [5.41, 5.74) is -0.446. The van der Waals surface area contributed by atoms with Crippen LogP contribution in [-0.4, -0.2) is 42.2 Å². The average molecular weight is 452 g/mol. The molecule has 1 atom stereocenters. The summed E-state index contributed by atoms with van der Waals surface area (Å²) in [5.74, 6) is 0.651. The predicted molar refractivity (Wildman–Crippen MR) is 100 cm³/mol. The minimum Gasteiger partial charge on any atom is -0.491 e. The van der Waals surface area contributed by atoms with Gasteiger partial charge in [0, 0.05) is 11.6 Å². The van der Waals surface area contributed by atoms with E-state index in [0.717, 1.165) is 28.7 Å². The van der Waals surface area contributed by atoms with Crippen molar-refractivity contribution in [2.24, 2.45) is 0 Å². The number of halogens is 2. The van der Waals surface area contributed by atoms with Gasteiger partial charge in [-0.15, -0.1) is 0 Å². The first-order valence-electron chi connectivity index (χ1n) is 7.81. The molecule has 23 heavy (non-hydrogen) atoms. The van der Waals surface area contributed by atoms with Crippen molar-refractivity contribution in [2.75, 3.05) is 19.7 Å². The lowest BCUT2D eigenvalue weighted by atomic mass is 10.1. The van der Waals surface area contributed by atoms with E-state index in [0.29, 0.717) is 18.2 Å². The number of ether oxygens (including phenoxy) is 2. The van der Waals surface area contributed by atoms with E-state index in [1.54, 1.807) is 0 Å². The Morgan fingerprint density at radius 3 is 2.87 bits per heavy atom. The summed E-state index contributed by atoms with van der Waals surface area (Å²) >= 11 is 8.22. The van der Waals surface area contributed by atoms with Gasteiger partial charge < -0.3 is 9.47 Å². The smallest absolute Gasteiger partial charge is 0.323 e. The average Bonchev–Trinajstić information content (AvgIpc) is 2.89. The van der Waals surface area contributed by atoms with Gasteiger partial charge in [0.25, 0.3) is 0 Å². The van der Waals surface area contributed by atoms with Crippen molar-refractivity contribution in [3.8, 4) is 5.75 Å². The van der Waals surface area contributed by atoms with E-state index >= 15 is 0 Å². The van der Waals surface area contributed by atoms with Crippen LogP contribution in [0.1, 0.15) is 33.6 Å². The molecule has 0 unspecified atom stereocenters. The maximum absolute atomic E-state index is 12.3. The lowest BCUT2D eigenvalue weighted by Crippen LogP contribution is -2.42. The van der Waals surface area contributed by atoms with Crippen LogP contribution in [0.15, 0.2) is 18.2 Å². The lowest BCUT2D eigenvalue weighted by molar-refractivity contribution is -0.160. The zero-order valence-corrected chi connectivity index (χ0v) is 16.7. The molecule has 4 nitrogen and oxygen atoms in total. The quantitative estimate of drug-likeness (QED) is 0.498. The highest BCUT2D eigenvalue weighted by atomic mass is 127. The fourth-order valence-electron chi connectivity index (χ4n) is 2.59. The van der Waals surface area contributed by atoms with Gasteiger partial charge in [-0.2, -0.15) is 0 Å². The van der Waals surface area contributed by atoms with Crippen LogP contribution < -0.4 is 4.74 Å². The molecule has 2 rings (SSSR count). The van der Waals surface area contributed by atoms with Crippen LogP contribution in [0.25, 0.3) is 0 Å². The molecule has 1 aliphatic rings. The molecule has 1 fully saturated rings. The topological polar surface area (TPSA) is 38.8 Å². The Balaban J connectivity index is 1.87. The number of hydrogen-bond acceptors (Lipinski definition) is 4. The van der Waals surface area contributed by atoms with E-state index in [4.69, 9.17) is 21.1 Å². The fourth-order valence-corrected chi connectivity index (χ4v) is 3.24. The molecule has 6 heteroatoms. The summed E-state index contributed by atoms with van der Waals surface area (Å²) in [6.45, 7) is 7.82. The standard InChI is InChI=1S/C17H23ClINO3/c1-17(2,3)23-16(21)14-5-4-8-20(14)9-10-22-15-11-12(18)6-7-13(15)19/h6-7,11,14H,4-5,8-10H2,1-3H3/t14-/m0/s1. The van der Waals surface area contributed by atoms with Crippen molar-refractivity contribution in [1.82, 2.24) is 4.90 Å². The summed E-state index contributed by atoms with van der Waals surface area (Å²) < 4.78 is 12.4. The first kappa shape index (κ1) is 18.8. The summed E-state index contributed by atoms with van der Waals surface area (Å²) in [7, 11) is 0. The molecule has 1 aliphatic heterocycles. The molecule has 0 bridgehead atoms. The van der Waals surface area contributed by atoms with Gasteiger partial charge in [0.1, 0.15) is 24.0 Å². The molecule has 1 heterocycles. The van der Waals surface area contributed by atoms with Gasteiger partial charge in [0.15, 0.2) is 0 Å². The van der Waals surface area contributed by atoms with E-state index < -0.39 is 5.60 Å². The van der Waals surface area contributed by atoms with Gasteiger partial charge in [0.2, 0.25) is 0 Å². The summed E-state index contributed by atoms with van der Waals surface area (Å²) in [5, 5.41) is 0.660. The minimum absolute atomic E-state index is 0.132. The zero-order valence-electron chi connectivity index (χ0n) is 13.8. The molecule has 0 radical (unpaired) electrons. The first-order chi connectivity index (χ1) is 10.8. The van der Waals surface area contributed by atoms with Crippen LogP contribution >= 0.6 is 34.2 Å². The maximum Gasteiger partial charge on any atom is 0.323 e. The Morgan fingerprint density at radius 1 is 1.43 bits per heavy atom. The predicted octanol–water partition coefficient (Wildman–Crippen LogP) is 4.13. The lowest BCUT2D eigenvalue weighted by Gasteiger charge is -2.27. The highest BCUT2D eigenvalue weighted by Gasteiger charge is 2.33. The van der Waals surface area contributed by atoms with Gasteiger partial charge in [-0.1, -0.05) is 11.6 Å². The summed E-state index contributed by atoms with van der Waals surface area (Å²) in [6.07, 6.45) is 1.86. The van der Waals surface area contributed by atoms with Crippen molar-refractivity contribution in [3.05, 3.63) is 26.8 Å². The van der Waals surface area contributed by atoms with Crippen molar-refractivity contribution in [2.45, 2.75) is 45.3 Å². The van der Waals surface area contributed by atoms with Crippen molar-refractivity contribution < 1.29 is 14.3 Å². The molecule has 1 aromatic rings. The van der Waals surface area contributed by atoms with E-state index in [9.17, 15) is 4.79 Å². The van der Waals surface area contributed by atoms with Gasteiger partial charge >= 0.3 is 5.97 Å². The number of carbonyl (C=O) groups excluding carboxylic acids is 1. The van der Waals surface area contributed by atoms with Crippen molar-refractivity contribution >= 4 is 40.2 Å². The largest absolute Gasteiger partial charge is 0.491 e. The third-order valence-corrected chi connectivity index (χ3v) is 4.70. The Morgan fingerprint density at radius 2 is 2.17 bits per heavy atom. The maximum atomic E-state index is 12.3. The van der Waals surface area contributed by atoms with Gasteiger partial charge in [-0.25, -0.2) is 0 Å². The normalized spacial score (nSPS) is 18.9. The Hall–Kier alpha value is -0.530. The number of esters is 1. The van der Waals surface area contributed by atoms with Crippen molar-refractivity contribution in [1.29, 1.82) is 0 Å². The summed E-state index contributed by atoms with van der Waals surface area (Å²) in [4.78, 5) is 14.4. The molecule has 0 amide bonds. The molecular weight excluding hydrogens is 429 g/mol. The van der Waals surface area contributed by atoms with Crippen molar-refractivity contribution in [3.63, 3.8) is 0 Å². The van der Waals surface area contributed by atoms with Crippen LogP contribution in [0.5, 0.6) is 5.75 Å². The molecule has 0 spiro atoms. The molecule has 0 saturated carbocycles. The van der Waals surface area contributed by atoms with E-state index in [1.807, 2.05) is 39.0 Å². The third kappa shape index (κ3) is 5.80. The van der Waals surface area contributed by atoms with Crippen LogP contribution in [0.4, 0.5) is 0 Å². The molecule has 128 valence electrons. The third-order valence-electron chi connectivity index (χ3n) is 3.57. The van der Waals surface area contributed by atoms with Crippen LogP contribution in [-0.2, 0) is 9.53 Å².